The molecule has 0 aromatic heterocycles. The third-order valence-electron chi connectivity index (χ3n) is 3.82. The Balaban J connectivity index is 1.89. The molecule has 1 aromatic carbocycles. The zero-order valence-electron chi connectivity index (χ0n) is 13.2. The molecule has 0 spiro atoms. The first-order valence-corrected chi connectivity index (χ1v) is 7.88. The fourth-order valence-corrected chi connectivity index (χ4v) is 2.77. The molecule has 0 aliphatic carbocycles. The number of nitrogens with one attached hydrogen (secondary N) is 1. The lowest BCUT2D eigenvalue weighted by Gasteiger charge is -2.21. The van der Waals surface area contributed by atoms with Gasteiger partial charge in [-0.1, -0.05) is 18.2 Å². The molecule has 1 saturated heterocycles. The van der Waals surface area contributed by atoms with Gasteiger partial charge in [0.05, 0.1) is 0 Å². The zero-order chi connectivity index (χ0) is 15.9. The Morgan fingerprint density at radius 1 is 1.36 bits per heavy atom. The predicted octanol–water partition coefficient (Wildman–Crippen LogP) is 2.11. The molecule has 2 atom stereocenters. The van der Waals surface area contributed by atoms with Crippen LogP contribution in [0.4, 0.5) is 5.69 Å². The van der Waals surface area contributed by atoms with Gasteiger partial charge < -0.3 is 15.0 Å². The van der Waals surface area contributed by atoms with Crippen molar-refractivity contribution in [3.05, 3.63) is 30.3 Å². The topological polar surface area (TPSA) is 58.6 Å². The van der Waals surface area contributed by atoms with Gasteiger partial charge in [0.25, 0.3) is 0 Å². The lowest BCUT2D eigenvalue weighted by atomic mass is 10.2. The highest BCUT2D eigenvalue weighted by Gasteiger charge is 2.38. The number of anilines is 1. The minimum atomic E-state index is -0.421. The summed E-state index contributed by atoms with van der Waals surface area (Å²) in [5, 5.41) is 2.85. The first-order chi connectivity index (χ1) is 10.6. The fraction of sp³-hybridized carbons (Fsp3) is 0.529. The number of hydrogen-bond donors (Lipinski definition) is 1. The molecule has 1 aromatic rings. The highest BCUT2D eigenvalue weighted by Crippen LogP contribution is 2.26. The maximum Gasteiger partial charge on any atom is 0.249 e. The van der Waals surface area contributed by atoms with Crippen LogP contribution in [-0.2, 0) is 14.3 Å². The summed E-state index contributed by atoms with van der Waals surface area (Å²) < 4.78 is 5.21. The highest BCUT2D eigenvalue weighted by atomic mass is 16.5. The minimum absolute atomic E-state index is 0.0307. The van der Waals surface area contributed by atoms with Gasteiger partial charge in [0.15, 0.2) is 0 Å². The smallest absolute Gasteiger partial charge is 0.249 e. The van der Waals surface area contributed by atoms with Crippen molar-refractivity contribution in [1.29, 1.82) is 0 Å². The molecule has 1 aliphatic rings. The normalized spacial score (nSPS) is 21.2. The number of amides is 2. The van der Waals surface area contributed by atoms with Gasteiger partial charge in [-0.15, -0.1) is 0 Å². The van der Waals surface area contributed by atoms with Crippen LogP contribution in [0.2, 0.25) is 0 Å². The molecule has 1 fully saturated rings. The number of ether oxygens (including phenoxy) is 1. The monoisotopic (exact) mass is 304 g/mol. The highest BCUT2D eigenvalue weighted by molar-refractivity contribution is 6.01. The van der Waals surface area contributed by atoms with Crippen LogP contribution < -0.4 is 10.2 Å². The molecule has 1 heterocycles. The Labute approximate surface area is 131 Å². The van der Waals surface area contributed by atoms with Crippen LogP contribution in [0, 0.1) is 0 Å². The summed E-state index contributed by atoms with van der Waals surface area (Å²) in [6, 6.07) is 9.25. The maximum atomic E-state index is 12.5. The van der Waals surface area contributed by atoms with E-state index in [9.17, 15) is 9.59 Å². The molecule has 120 valence electrons. The summed E-state index contributed by atoms with van der Waals surface area (Å²) >= 11 is 0. The Bertz CT molecular complexity index is 504. The summed E-state index contributed by atoms with van der Waals surface area (Å²) in [4.78, 5) is 26.2. The van der Waals surface area contributed by atoms with E-state index in [0.717, 1.165) is 5.69 Å². The number of carbonyl (C=O) groups excluding carboxylic acids is 2. The predicted molar refractivity (Wildman–Crippen MR) is 85.7 cm³/mol. The minimum Gasteiger partial charge on any atom is -0.382 e. The van der Waals surface area contributed by atoms with Crippen LogP contribution in [-0.4, -0.2) is 37.1 Å². The van der Waals surface area contributed by atoms with Crippen LogP contribution in [0.1, 0.15) is 33.1 Å². The Kier molecular flexibility index (Phi) is 5.95. The van der Waals surface area contributed by atoms with E-state index >= 15 is 0 Å². The van der Waals surface area contributed by atoms with Crippen LogP contribution in [0.5, 0.6) is 0 Å². The molecule has 0 unspecified atom stereocenters. The summed E-state index contributed by atoms with van der Waals surface area (Å²) in [5.41, 5.74) is 0.882. The van der Waals surface area contributed by atoms with E-state index < -0.39 is 6.04 Å². The average Bonchev–Trinajstić information content (AvgIpc) is 2.79. The first kappa shape index (κ1) is 16.5. The van der Waals surface area contributed by atoms with Crippen LogP contribution in [0.3, 0.4) is 0 Å². The van der Waals surface area contributed by atoms with Crippen LogP contribution >= 0.6 is 0 Å². The van der Waals surface area contributed by atoms with Gasteiger partial charge in [-0.3, -0.25) is 9.59 Å². The molecule has 0 saturated carbocycles. The Morgan fingerprint density at radius 2 is 2.09 bits per heavy atom. The number of hydrogen-bond acceptors (Lipinski definition) is 3. The average molecular weight is 304 g/mol. The number of rotatable bonds is 7. The quantitative estimate of drug-likeness (QED) is 0.785. The van der Waals surface area contributed by atoms with Gasteiger partial charge in [0.2, 0.25) is 11.8 Å². The van der Waals surface area contributed by atoms with Gasteiger partial charge >= 0.3 is 0 Å². The van der Waals surface area contributed by atoms with Crippen molar-refractivity contribution in [2.45, 2.75) is 45.2 Å². The third-order valence-corrected chi connectivity index (χ3v) is 3.82. The maximum absolute atomic E-state index is 12.5. The number of benzene rings is 1. The van der Waals surface area contributed by atoms with Gasteiger partial charge in [0.1, 0.15) is 6.04 Å². The molecule has 0 radical (unpaired) electrons. The van der Waals surface area contributed by atoms with E-state index in [1.165, 1.54) is 0 Å². The van der Waals surface area contributed by atoms with Crippen LogP contribution in [0.25, 0.3) is 0 Å². The second kappa shape index (κ2) is 7.94. The molecule has 5 heteroatoms. The Morgan fingerprint density at radius 3 is 2.77 bits per heavy atom. The molecular formula is C17H24N2O3. The van der Waals surface area contributed by atoms with Crippen molar-refractivity contribution in [2.24, 2.45) is 0 Å². The van der Waals surface area contributed by atoms with Crippen molar-refractivity contribution in [3.63, 3.8) is 0 Å². The molecule has 2 rings (SSSR count). The molecule has 22 heavy (non-hydrogen) atoms. The largest absolute Gasteiger partial charge is 0.382 e. The molecule has 1 N–H and O–H groups in total. The van der Waals surface area contributed by atoms with Crippen molar-refractivity contribution < 1.29 is 14.3 Å². The van der Waals surface area contributed by atoms with Gasteiger partial charge in [0, 0.05) is 31.4 Å². The zero-order valence-corrected chi connectivity index (χ0v) is 13.2. The van der Waals surface area contributed by atoms with Crippen molar-refractivity contribution in [2.75, 3.05) is 18.1 Å². The van der Waals surface area contributed by atoms with Crippen molar-refractivity contribution in [1.82, 2.24) is 5.32 Å². The van der Waals surface area contributed by atoms with E-state index in [2.05, 4.69) is 5.32 Å². The van der Waals surface area contributed by atoms with Gasteiger partial charge in [-0.2, -0.15) is 0 Å². The standard InChI is InChI=1S/C17H24N2O3/c1-3-22-11-7-10-16(20)18-15-12-13(2)19(17(15)21)14-8-5-4-6-9-14/h4-6,8-9,13,15H,3,7,10-12H2,1-2H3,(H,18,20)/t13-,15+/m0/s1. The lowest BCUT2D eigenvalue weighted by molar-refractivity contribution is -0.126. The van der Waals surface area contributed by atoms with E-state index in [4.69, 9.17) is 4.74 Å². The SMILES string of the molecule is CCOCCCC(=O)N[C@@H]1C[C@H](C)N(c2ccccc2)C1=O. The van der Waals surface area contributed by atoms with E-state index in [0.29, 0.717) is 32.5 Å². The number of para-hydroxylation sites is 1. The summed E-state index contributed by atoms with van der Waals surface area (Å²) in [5.74, 6) is -0.114. The van der Waals surface area contributed by atoms with E-state index in [1.54, 1.807) is 4.90 Å². The molecule has 5 nitrogen and oxygen atoms in total. The fourth-order valence-electron chi connectivity index (χ4n) is 2.77. The molecular weight excluding hydrogens is 280 g/mol. The molecule has 1 aliphatic heterocycles. The van der Waals surface area contributed by atoms with E-state index in [-0.39, 0.29) is 17.9 Å². The first-order valence-electron chi connectivity index (χ1n) is 7.88. The van der Waals surface area contributed by atoms with E-state index in [1.807, 2.05) is 44.2 Å². The second-order valence-corrected chi connectivity index (χ2v) is 5.55. The van der Waals surface area contributed by atoms with Crippen molar-refractivity contribution >= 4 is 17.5 Å². The summed E-state index contributed by atoms with van der Waals surface area (Å²) in [6.07, 6.45) is 1.72. The molecule has 0 bridgehead atoms. The lowest BCUT2D eigenvalue weighted by Crippen LogP contribution is -2.41. The number of nitrogens with zero attached hydrogens (tertiary/aromatic N) is 1. The number of carbonyl (C=O) groups is 2. The van der Waals surface area contributed by atoms with Gasteiger partial charge in [-0.05, 0) is 38.8 Å². The van der Waals surface area contributed by atoms with Gasteiger partial charge in [-0.25, -0.2) is 0 Å². The third kappa shape index (κ3) is 4.07. The van der Waals surface area contributed by atoms with Crippen LogP contribution in [0.15, 0.2) is 30.3 Å². The summed E-state index contributed by atoms with van der Waals surface area (Å²) in [7, 11) is 0. The molecule has 2 amide bonds. The summed E-state index contributed by atoms with van der Waals surface area (Å²) in [6.45, 7) is 5.17. The Hall–Kier alpha value is -1.88. The second-order valence-electron chi connectivity index (χ2n) is 5.55. The van der Waals surface area contributed by atoms with Crippen molar-refractivity contribution in [3.8, 4) is 0 Å².